The third-order valence-corrected chi connectivity index (χ3v) is 2.11. The largest absolute Gasteiger partial charge is 0.350 e. The summed E-state index contributed by atoms with van der Waals surface area (Å²) in [7, 11) is 0. The van der Waals surface area contributed by atoms with Gasteiger partial charge < -0.3 is 9.47 Å². The molecule has 0 amide bonds. The second kappa shape index (κ2) is 4.51. The van der Waals surface area contributed by atoms with Gasteiger partial charge in [-0.1, -0.05) is 0 Å². The number of carbonyl (C=O) groups excluding carboxylic acids is 1. The minimum absolute atomic E-state index is 0.371. The molecular formula is C9H15NO3. The molecule has 13 heavy (non-hydrogen) atoms. The quantitative estimate of drug-likeness (QED) is 0.355. The number of ether oxygens (including phenoxy) is 2. The van der Waals surface area contributed by atoms with Crippen molar-refractivity contribution >= 4 is 6.08 Å². The Morgan fingerprint density at radius 2 is 1.92 bits per heavy atom. The molecule has 0 spiro atoms. The smallest absolute Gasteiger partial charge is 0.235 e. The standard InChI is InChI=1S/C9H15NO3/c1-3-12-8(13-4-2)9(5-6-9)10-7-11/h8H,3-6H2,1-2H3. The fraction of sp³-hybridized carbons (Fsp3) is 0.889. The van der Waals surface area contributed by atoms with Crippen molar-refractivity contribution in [2.75, 3.05) is 13.2 Å². The number of aliphatic imine (C=N–C) groups is 1. The number of hydrogen-bond donors (Lipinski definition) is 0. The van der Waals surface area contributed by atoms with Crippen LogP contribution in [0.1, 0.15) is 26.7 Å². The topological polar surface area (TPSA) is 47.9 Å². The Bertz CT molecular complexity index is 201. The van der Waals surface area contributed by atoms with Crippen molar-refractivity contribution in [2.24, 2.45) is 4.99 Å². The van der Waals surface area contributed by atoms with E-state index in [4.69, 9.17) is 9.47 Å². The van der Waals surface area contributed by atoms with Gasteiger partial charge in [0.05, 0.1) is 0 Å². The van der Waals surface area contributed by atoms with Gasteiger partial charge in [0.25, 0.3) is 0 Å². The Morgan fingerprint density at radius 1 is 1.38 bits per heavy atom. The summed E-state index contributed by atoms with van der Waals surface area (Å²) in [6, 6.07) is 0. The summed E-state index contributed by atoms with van der Waals surface area (Å²) in [5.41, 5.74) is -0.423. The molecule has 0 saturated heterocycles. The van der Waals surface area contributed by atoms with Gasteiger partial charge in [-0.05, 0) is 26.7 Å². The molecule has 0 N–H and O–H groups in total. The van der Waals surface area contributed by atoms with Crippen LogP contribution in [0.5, 0.6) is 0 Å². The van der Waals surface area contributed by atoms with Crippen LogP contribution < -0.4 is 0 Å². The highest BCUT2D eigenvalue weighted by Crippen LogP contribution is 2.44. The van der Waals surface area contributed by atoms with Crippen LogP contribution >= 0.6 is 0 Å². The number of hydrogen-bond acceptors (Lipinski definition) is 4. The predicted octanol–water partition coefficient (Wildman–Crippen LogP) is 1.25. The third kappa shape index (κ3) is 2.37. The van der Waals surface area contributed by atoms with Crippen LogP contribution in [0, 0.1) is 0 Å². The van der Waals surface area contributed by atoms with Gasteiger partial charge in [0, 0.05) is 13.2 Å². The van der Waals surface area contributed by atoms with Gasteiger partial charge in [0.15, 0.2) is 6.29 Å². The fourth-order valence-electron chi connectivity index (χ4n) is 1.28. The van der Waals surface area contributed by atoms with Crippen molar-refractivity contribution in [3.05, 3.63) is 0 Å². The summed E-state index contributed by atoms with van der Waals surface area (Å²) in [5, 5.41) is 0. The number of rotatable bonds is 6. The van der Waals surface area contributed by atoms with Crippen LogP contribution in [0.3, 0.4) is 0 Å². The lowest BCUT2D eigenvalue weighted by Gasteiger charge is -2.21. The van der Waals surface area contributed by atoms with Crippen molar-refractivity contribution < 1.29 is 14.3 Å². The molecule has 1 fully saturated rings. The van der Waals surface area contributed by atoms with Crippen molar-refractivity contribution in [1.29, 1.82) is 0 Å². The zero-order valence-corrected chi connectivity index (χ0v) is 8.08. The molecular weight excluding hydrogens is 170 g/mol. The summed E-state index contributed by atoms with van der Waals surface area (Å²) in [4.78, 5) is 13.9. The third-order valence-electron chi connectivity index (χ3n) is 2.11. The second-order valence-corrected chi connectivity index (χ2v) is 3.05. The van der Waals surface area contributed by atoms with E-state index in [1.807, 2.05) is 13.8 Å². The molecule has 0 aromatic heterocycles. The maximum absolute atomic E-state index is 10.2. The Balaban J connectivity index is 2.57. The molecule has 0 heterocycles. The van der Waals surface area contributed by atoms with Gasteiger partial charge in [-0.25, -0.2) is 4.79 Å². The number of nitrogens with zero attached hydrogens (tertiary/aromatic N) is 1. The van der Waals surface area contributed by atoms with E-state index >= 15 is 0 Å². The van der Waals surface area contributed by atoms with Gasteiger partial charge in [-0.2, -0.15) is 4.99 Å². The lowest BCUT2D eigenvalue weighted by molar-refractivity contribution is -0.153. The number of isocyanates is 1. The summed E-state index contributed by atoms with van der Waals surface area (Å²) in [6.07, 6.45) is 2.92. The average molecular weight is 185 g/mol. The molecule has 0 aliphatic heterocycles. The van der Waals surface area contributed by atoms with Crippen molar-refractivity contribution in [3.8, 4) is 0 Å². The van der Waals surface area contributed by atoms with E-state index in [1.165, 1.54) is 0 Å². The molecule has 0 aromatic rings. The molecule has 0 radical (unpaired) electrons. The molecule has 74 valence electrons. The molecule has 1 rings (SSSR count). The van der Waals surface area contributed by atoms with E-state index < -0.39 is 5.54 Å². The lowest BCUT2D eigenvalue weighted by atomic mass is 10.3. The van der Waals surface area contributed by atoms with Gasteiger partial charge in [-0.3, -0.25) is 0 Å². The highest BCUT2D eigenvalue weighted by atomic mass is 16.7. The minimum Gasteiger partial charge on any atom is -0.350 e. The summed E-state index contributed by atoms with van der Waals surface area (Å²) < 4.78 is 10.7. The van der Waals surface area contributed by atoms with Crippen LogP contribution in [-0.2, 0) is 14.3 Å². The Morgan fingerprint density at radius 3 is 2.23 bits per heavy atom. The maximum Gasteiger partial charge on any atom is 0.235 e. The Kier molecular flexibility index (Phi) is 3.60. The van der Waals surface area contributed by atoms with Gasteiger partial charge in [0.1, 0.15) is 5.54 Å². The van der Waals surface area contributed by atoms with E-state index in [9.17, 15) is 4.79 Å². The van der Waals surface area contributed by atoms with Crippen LogP contribution in [0.25, 0.3) is 0 Å². The highest BCUT2D eigenvalue weighted by Gasteiger charge is 2.51. The first-order valence-corrected chi connectivity index (χ1v) is 4.61. The van der Waals surface area contributed by atoms with E-state index in [2.05, 4.69) is 4.99 Å². The fourth-order valence-corrected chi connectivity index (χ4v) is 1.28. The zero-order valence-electron chi connectivity index (χ0n) is 8.08. The first kappa shape index (κ1) is 10.4. The molecule has 1 aliphatic rings. The Hall–Kier alpha value is -0.700. The highest BCUT2D eigenvalue weighted by molar-refractivity contribution is 5.36. The molecule has 1 saturated carbocycles. The van der Waals surface area contributed by atoms with Crippen molar-refractivity contribution in [1.82, 2.24) is 0 Å². The Labute approximate surface area is 77.9 Å². The minimum atomic E-state index is -0.423. The van der Waals surface area contributed by atoms with Gasteiger partial charge in [0.2, 0.25) is 6.08 Å². The SMILES string of the molecule is CCOC(OCC)C1(N=C=O)CC1. The first-order valence-electron chi connectivity index (χ1n) is 4.61. The summed E-state index contributed by atoms with van der Waals surface area (Å²) in [6.45, 7) is 4.93. The van der Waals surface area contributed by atoms with E-state index in [0.29, 0.717) is 13.2 Å². The van der Waals surface area contributed by atoms with E-state index in [1.54, 1.807) is 6.08 Å². The molecule has 4 nitrogen and oxygen atoms in total. The van der Waals surface area contributed by atoms with Crippen LogP contribution in [0.4, 0.5) is 0 Å². The van der Waals surface area contributed by atoms with Crippen molar-refractivity contribution in [3.63, 3.8) is 0 Å². The monoisotopic (exact) mass is 185 g/mol. The molecule has 0 bridgehead atoms. The van der Waals surface area contributed by atoms with Crippen LogP contribution in [0.15, 0.2) is 4.99 Å². The van der Waals surface area contributed by atoms with Crippen LogP contribution in [-0.4, -0.2) is 31.1 Å². The zero-order chi connectivity index (χ0) is 9.73. The molecule has 0 atom stereocenters. The van der Waals surface area contributed by atoms with Gasteiger partial charge in [-0.15, -0.1) is 0 Å². The molecule has 0 unspecified atom stereocenters. The van der Waals surface area contributed by atoms with Crippen molar-refractivity contribution in [2.45, 2.75) is 38.5 Å². The van der Waals surface area contributed by atoms with E-state index in [-0.39, 0.29) is 6.29 Å². The average Bonchev–Trinajstić information content (AvgIpc) is 2.86. The first-order chi connectivity index (χ1) is 6.29. The second-order valence-electron chi connectivity index (χ2n) is 3.05. The van der Waals surface area contributed by atoms with E-state index in [0.717, 1.165) is 12.8 Å². The molecule has 0 aromatic carbocycles. The molecule has 1 aliphatic carbocycles. The van der Waals surface area contributed by atoms with Gasteiger partial charge >= 0.3 is 0 Å². The normalized spacial score (nSPS) is 18.4. The molecule has 4 heteroatoms. The van der Waals surface area contributed by atoms with Crippen LogP contribution in [0.2, 0.25) is 0 Å². The predicted molar refractivity (Wildman–Crippen MR) is 47.1 cm³/mol. The summed E-state index contributed by atoms with van der Waals surface area (Å²) >= 11 is 0. The lowest BCUT2D eigenvalue weighted by Crippen LogP contribution is -2.32. The maximum atomic E-state index is 10.2. The summed E-state index contributed by atoms with van der Waals surface area (Å²) in [5.74, 6) is 0.